The van der Waals surface area contributed by atoms with Gasteiger partial charge in [-0.15, -0.1) is 0 Å². The first kappa shape index (κ1) is 21.2. The third-order valence-electron chi connectivity index (χ3n) is 4.61. The minimum absolute atomic E-state index is 0.124. The number of rotatable bonds is 7. The monoisotopic (exact) mass is 412 g/mol. The Hall–Kier alpha value is -3.48. The van der Waals surface area contributed by atoms with Gasteiger partial charge in [0.1, 0.15) is 12.4 Å². The molecule has 0 radical (unpaired) electrons. The number of benzene rings is 2. The van der Waals surface area contributed by atoms with Crippen LogP contribution in [0.4, 0.5) is 8.78 Å². The van der Waals surface area contributed by atoms with Crippen molar-refractivity contribution in [2.45, 2.75) is 13.5 Å². The predicted octanol–water partition coefficient (Wildman–Crippen LogP) is 4.79. The molecule has 0 atom stereocenters. The molecule has 156 valence electrons. The van der Waals surface area contributed by atoms with Gasteiger partial charge in [0.2, 0.25) is 0 Å². The third-order valence-corrected chi connectivity index (χ3v) is 4.61. The predicted molar refractivity (Wildman–Crippen MR) is 113 cm³/mol. The largest absolute Gasteiger partial charge is 0.494 e. The van der Waals surface area contributed by atoms with E-state index in [0.29, 0.717) is 22.5 Å². The van der Waals surface area contributed by atoms with E-state index < -0.39 is 11.8 Å². The van der Waals surface area contributed by atoms with E-state index in [4.69, 9.17) is 4.74 Å². The molecule has 0 amide bonds. The molecule has 7 heteroatoms. The Morgan fingerprint density at radius 3 is 2.63 bits per heavy atom. The summed E-state index contributed by atoms with van der Waals surface area (Å²) in [5, 5.41) is 0.736. The smallest absolute Gasteiger partial charge is 0.327 e. The Morgan fingerprint density at radius 2 is 1.97 bits per heavy atom. The number of fused-ring (bicyclic) bond motifs is 1. The minimum Gasteiger partial charge on any atom is -0.494 e. The van der Waals surface area contributed by atoms with Gasteiger partial charge in [0, 0.05) is 22.7 Å². The lowest BCUT2D eigenvalue weighted by Crippen LogP contribution is -2.13. The molecule has 2 aromatic carbocycles. The molecule has 0 unspecified atom stereocenters. The van der Waals surface area contributed by atoms with Gasteiger partial charge in [-0.2, -0.15) is 0 Å². The number of aliphatic imine (C=N–C) groups is 1. The summed E-state index contributed by atoms with van der Waals surface area (Å²) in [7, 11) is 2.70. The molecule has 3 aromatic rings. The van der Waals surface area contributed by atoms with Gasteiger partial charge in [0.15, 0.2) is 11.6 Å². The number of hydrogen-bond donors (Lipinski definition) is 0. The molecule has 30 heavy (non-hydrogen) atoms. The molecule has 0 saturated heterocycles. The van der Waals surface area contributed by atoms with E-state index in [2.05, 4.69) is 9.73 Å². The normalized spacial score (nSPS) is 12.0. The lowest BCUT2D eigenvalue weighted by atomic mass is 10.1. The van der Waals surface area contributed by atoms with Crippen molar-refractivity contribution in [3.63, 3.8) is 0 Å². The maximum atomic E-state index is 14.5. The highest BCUT2D eigenvalue weighted by molar-refractivity contribution is 5.98. The van der Waals surface area contributed by atoms with Crippen LogP contribution in [-0.4, -0.2) is 37.0 Å². The van der Waals surface area contributed by atoms with Crippen molar-refractivity contribution in [3.05, 3.63) is 66.3 Å². The van der Waals surface area contributed by atoms with E-state index in [-0.39, 0.29) is 24.7 Å². The van der Waals surface area contributed by atoms with Crippen LogP contribution in [0.5, 0.6) is 5.75 Å². The first-order valence-electron chi connectivity index (χ1n) is 9.32. The molecular weight excluding hydrogens is 390 g/mol. The molecular formula is C23H22F2N2O3. The summed E-state index contributed by atoms with van der Waals surface area (Å²) in [6, 6.07) is 11.0. The highest BCUT2D eigenvalue weighted by Gasteiger charge is 2.16. The number of carbonyl (C=O) groups excluding carboxylic acids is 1. The van der Waals surface area contributed by atoms with Crippen molar-refractivity contribution >= 4 is 22.6 Å². The molecule has 0 fully saturated rings. The average Bonchev–Trinajstić information content (AvgIpc) is 3.08. The number of halogens is 2. The van der Waals surface area contributed by atoms with E-state index in [1.807, 2.05) is 17.6 Å². The van der Waals surface area contributed by atoms with E-state index in [9.17, 15) is 13.6 Å². The molecule has 5 nitrogen and oxygen atoms in total. The number of methoxy groups -OCH3 is 2. The SMILES string of the molecule is C/C=C\C(Cn1c(-c2cccc(F)c2)cc2cc(OC)c(F)cc21)=N/CC(=O)OC. The average molecular weight is 412 g/mol. The van der Waals surface area contributed by atoms with Crippen molar-refractivity contribution in [1.82, 2.24) is 4.57 Å². The van der Waals surface area contributed by atoms with Crippen LogP contribution < -0.4 is 4.74 Å². The molecule has 1 aromatic heterocycles. The van der Waals surface area contributed by atoms with Crippen LogP contribution in [0, 0.1) is 11.6 Å². The molecule has 0 aliphatic heterocycles. The summed E-state index contributed by atoms with van der Waals surface area (Å²) >= 11 is 0. The Labute approximate surface area is 173 Å². The van der Waals surface area contributed by atoms with Gasteiger partial charge in [-0.3, -0.25) is 9.79 Å². The lowest BCUT2D eigenvalue weighted by molar-refractivity contribution is -0.138. The van der Waals surface area contributed by atoms with Crippen LogP contribution in [0.2, 0.25) is 0 Å². The number of carbonyl (C=O) groups is 1. The van der Waals surface area contributed by atoms with Crippen molar-refractivity contribution in [1.29, 1.82) is 0 Å². The van der Waals surface area contributed by atoms with Crippen LogP contribution >= 0.6 is 0 Å². The number of esters is 1. The van der Waals surface area contributed by atoms with Crippen LogP contribution in [0.1, 0.15) is 6.92 Å². The van der Waals surface area contributed by atoms with E-state index in [0.717, 1.165) is 5.39 Å². The zero-order chi connectivity index (χ0) is 21.7. The molecule has 0 bridgehead atoms. The summed E-state index contributed by atoms with van der Waals surface area (Å²) in [6.07, 6.45) is 3.57. The summed E-state index contributed by atoms with van der Waals surface area (Å²) in [5.41, 5.74) is 2.52. The van der Waals surface area contributed by atoms with Crippen LogP contribution in [0.3, 0.4) is 0 Å². The van der Waals surface area contributed by atoms with Crippen molar-refractivity contribution in [3.8, 4) is 17.0 Å². The van der Waals surface area contributed by atoms with Gasteiger partial charge >= 0.3 is 5.97 Å². The third kappa shape index (κ3) is 4.56. The fraction of sp³-hybridized carbons (Fsp3) is 0.217. The molecule has 0 aliphatic carbocycles. The second-order valence-corrected chi connectivity index (χ2v) is 6.56. The Morgan fingerprint density at radius 1 is 1.17 bits per heavy atom. The standard InChI is InChI=1S/C23H22F2N2O3/c1-4-6-18(26-13-23(28)30-3)14-27-20(15-7-5-8-17(24)9-15)10-16-11-22(29-2)19(25)12-21(16)27/h4-12H,13-14H2,1-3H3/b6-4-,26-18+. The quantitative estimate of drug-likeness (QED) is 0.414. The number of nitrogens with zero attached hydrogens (tertiary/aromatic N) is 2. The van der Waals surface area contributed by atoms with E-state index >= 15 is 0 Å². The zero-order valence-corrected chi connectivity index (χ0v) is 17.0. The fourth-order valence-electron chi connectivity index (χ4n) is 3.22. The highest BCUT2D eigenvalue weighted by Crippen LogP contribution is 2.32. The van der Waals surface area contributed by atoms with Gasteiger partial charge in [0.25, 0.3) is 0 Å². The summed E-state index contributed by atoms with van der Waals surface area (Å²) < 4.78 is 39.9. The van der Waals surface area contributed by atoms with Crippen molar-refractivity contribution < 1.29 is 23.0 Å². The van der Waals surface area contributed by atoms with Crippen LogP contribution in [-0.2, 0) is 16.1 Å². The van der Waals surface area contributed by atoms with Gasteiger partial charge in [-0.1, -0.05) is 18.2 Å². The van der Waals surface area contributed by atoms with E-state index in [1.54, 1.807) is 30.4 Å². The van der Waals surface area contributed by atoms with Gasteiger partial charge < -0.3 is 14.0 Å². The van der Waals surface area contributed by atoms with Crippen LogP contribution in [0.25, 0.3) is 22.2 Å². The van der Waals surface area contributed by atoms with E-state index in [1.165, 1.54) is 32.4 Å². The lowest BCUT2D eigenvalue weighted by Gasteiger charge is -2.12. The Bertz CT molecular complexity index is 1130. The molecule has 3 rings (SSSR count). The van der Waals surface area contributed by atoms with Crippen molar-refractivity contribution in [2.75, 3.05) is 20.8 Å². The van der Waals surface area contributed by atoms with Gasteiger partial charge in [0.05, 0.1) is 32.0 Å². The molecule has 0 N–H and O–H groups in total. The molecule has 0 spiro atoms. The molecule has 0 aliphatic rings. The van der Waals surface area contributed by atoms with Crippen LogP contribution in [0.15, 0.2) is 59.6 Å². The van der Waals surface area contributed by atoms with Crippen molar-refractivity contribution in [2.24, 2.45) is 4.99 Å². The Balaban J connectivity index is 2.17. The maximum Gasteiger partial charge on any atom is 0.327 e. The van der Waals surface area contributed by atoms with Gasteiger partial charge in [-0.05, 0) is 37.3 Å². The zero-order valence-electron chi connectivity index (χ0n) is 17.0. The molecule has 1 heterocycles. The topological polar surface area (TPSA) is 52.8 Å². The summed E-state index contributed by atoms with van der Waals surface area (Å²) in [4.78, 5) is 15.8. The first-order valence-corrected chi connectivity index (χ1v) is 9.32. The number of allylic oxidation sites excluding steroid dienone is 2. The fourth-order valence-corrected chi connectivity index (χ4v) is 3.22. The second kappa shape index (κ2) is 9.35. The first-order chi connectivity index (χ1) is 14.5. The number of hydrogen-bond acceptors (Lipinski definition) is 4. The number of aromatic nitrogens is 1. The Kier molecular flexibility index (Phi) is 6.61. The second-order valence-electron chi connectivity index (χ2n) is 6.56. The highest BCUT2D eigenvalue weighted by atomic mass is 19.1. The number of ether oxygens (including phenoxy) is 2. The minimum atomic E-state index is -0.505. The maximum absolute atomic E-state index is 14.5. The summed E-state index contributed by atoms with van der Waals surface area (Å²) in [6.45, 7) is 1.95. The molecule has 0 saturated carbocycles. The van der Waals surface area contributed by atoms with Gasteiger partial charge in [-0.25, -0.2) is 8.78 Å². The summed E-state index contributed by atoms with van der Waals surface area (Å²) in [5.74, 6) is -1.22.